The summed E-state index contributed by atoms with van der Waals surface area (Å²) in [5, 5.41) is 0. The van der Waals surface area contributed by atoms with Crippen LogP contribution >= 0.6 is 0 Å². The lowest BCUT2D eigenvalue weighted by molar-refractivity contribution is 0.102. The van der Waals surface area contributed by atoms with Crippen LogP contribution in [0.1, 0.15) is 21.5 Å². The van der Waals surface area contributed by atoms with Gasteiger partial charge in [0, 0.05) is 0 Å². The molecule has 0 aromatic heterocycles. The third kappa shape index (κ3) is 2.17. The molecule has 2 rings (SSSR count). The molecule has 0 heterocycles. The molecule has 0 bridgehead atoms. The van der Waals surface area contributed by atoms with E-state index in [1.807, 2.05) is 0 Å². The van der Waals surface area contributed by atoms with Crippen LogP contribution in [0.3, 0.4) is 0 Å². The highest BCUT2D eigenvalue weighted by Gasteiger charge is 2.25. The van der Waals surface area contributed by atoms with Crippen molar-refractivity contribution in [1.82, 2.24) is 0 Å². The van der Waals surface area contributed by atoms with E-state index in [4.69, 9.17) is 0 Å². The lowest BCUT2D eigenvalue weighted by Gasteiger charge is -2.08. The number of hydrogen-bond acceptors (Lipinski definition) is 1. The fraction of sp³-hybridized carbons (Fsp3) is 0.0714. The molecule has 0 atom stereocenters. The zero-order chi connectivity index (χ0) is 15.0. The van der Waals surface area contributed by atoms with Crippen LogP contribution in [0.2, 0.25) is 0 Å². The van der Waals surface area contributed by atoms with E-state index in [1.165, 1.54) is 6.92 Å². The number of rotatable bonds is 2. The van der Waals surface area contributed by atoms with Crippen LogP contribution in [0.5, 0.6) is 0 Å². The van der Waals surface area contributed by atoms with Crippen molar-refractivity contribution in [1.29, 1.82) is 0 Å². The molecule has 2 aromatic carbocycles. The maximum atomic E-state index is 13.8. The van der Waals surface area contributed by atoms with Gasteiger partial charge in [0.25, 0.3) is 0 Å². The summed E-state index contributed by atoms with van der Waals surface area (Å²) in [6, 6.07) is 3.08. The van der Waals surface area contributed by atoms with Gasteiger partial charge in [0.15, 0.2) is 17.5 Å². The molecule has 0 radical (unpaired) electrons. The van der Waals surface area contributed by atoms with Gasteiger partial charge in [0.2, 0.25) is 5.78 Å². The van der Waals surface area contributed by atoms with E-state index in [-0.39, 0.29) is 5.56 Å². The third-order valence-electron chi connectivity index (χ3n) is 2.79. The topological polar surface area (TPSA) is 17.1 Å². The lowest BCUT2D eigenvalue weighted by atomic mass is 9.99. The van der Waals surface area contributed by atoms with Gasteiger partial charge in [0.05, 0.1) is 11.1 Å². The van der Waals surface area contributed by atoms with Crippen molar-refractivity contribution in [2.24, 2.45) is 0 Å². The van der Waals surface area contributed by atoms with Crippen molar-refractivity contribution in [3.8, 4) is 0 Å². The highest BCUT2D eigenvalue weighted by atomic mass is 19.2. The average Bonchev–Trinajstić information content (AvgIpc) is 2.41. The Kier molecular flexibility index (Phi) is 3.57. The first-order valence-electron chi connectivity index (χ1n) is 5.47. The second-order valence-corrected chi connectivity index (χ2v) is 4.11. The molecule has 0 aliphatic carbocycles. The van der Waals surface area contributed by atoms with Gasteiger partial charge in [-0.25, -0.2) is 22.0 Å². The van der Waals surface area contributed by atoms with Crippen LogP contribution in [0.25, 0.3) is 0 Å². The van der Waals surface area contributed by atoms with Gasteiger partial charge < -0.3 is 0 Å². The Morgan fingerprint density at radius 2 is 1.40 bits per heavy atom. The van der Waals surface area contributed by atoms with E-state index in [9.17, 15) is 26.7 Å². The Balaban J connectivity index is 2.64. The number of aryl methyl sites for hydroxylation is 1. The summed E-state index contributed by atoms with van der Waals surface area (Å²) >= 11 is 0. The number of carbonyl (C=O) groups is 1. The molecule has 0 fully saturated rings. The summed E-state index contributed by atoms with van der Waals surface area (Å²) in [6.07, 6.45) is 0. The average molecular weight is 286 g/mol. The predicted octanol–water partition coefficient (Wildman–Crippen LogP) is 3.92. The molecule has 0 amide bonds. The number of carbonyl (C=O) groups excluding carboxylic acids is 1. The highest BCUT2D eigenvalue weighted by Crippen LogP contribution is 2.23. The molecule has 2 aromatic rings. The molecule has 104 valence electrons. The van der Waals surface area contributed by atoms with Gasteiger partial charge in [-0.3, -0.25) is 4.79 Å². The van der Waals surface area contributed by atoms with Gasteiger partial charge in [0.1, 0.15) is 11.6 Å². The second kappa shape index (κ2) is 5.03. The van der Waals surface area contributed by atoms with Gasteiger partial charge in [-0.1, -0.05) is 6.07 Å². The molecular weight excluding hydrogens is 279 g/mol. The van der Waals surface area contributed by atoms with E-state index in [2.05, 4.69) is 0 Å². The number of ketones is 1. The molecule has 6 heteroatoms. The Morgan fingerprint density at radius 1 is 0.800 bits per heavy atom. The summed E-state index contributed by atoms with van der Waals surface area (Å²) in [4.78, 5) is 11.9. The minimum atomic E-state index is -1.87. The number of benzene rings is 2. The number of halogens is 5. The van der Waals surface area contributed by atoms with E-state index >= 15 is 0 Å². The largest absolute Gasteiger partial charge is 0.288 e. The standard InChI is InChI=1S/C14H7F5O/c1-6-2-4-8(15)10(11(6)17)14(20)7-3-5-9(16)13(19)12(7)18/h2-5H,1H3. The van der Waals surface area contributed by atoms with Crippen LogP contribution < -0.4 is 0 Å². The fourth-order valence-electron chi connectivity index (χ4n) is 1.70. The first kappa shape index (κ1) is 14.2. The normalized spacial score (nSPS) is 10.7. The summed E-state index contributed by atoms with van der Waals surface area (Å²) in [7, 11) is 0. The van der Waals surface area contributed by atoms with Crippen molar-refractivity contribution in [3.63, 3.8) is 0 Å². The maximum Gasteiger partial charge on any atom is 0.202 e. The van der Waals surface area contributed by atoms with Crippen molar-refractivity contribution < 1.29 is 26.7 Å². The SMILES string of the molecule is Cc1ccc(F)c(C(=O)c2ccc(F)c(F)c2F)c1F. The molecule has 1 nitrogen and oxygen atoms in total. The molecular formula is C14H7F5O. The molecule has 0 unspecified atom stereocenters. The van der Waals surface area contributed by atoms with E-state index in [0.717, 1.165) is 12.1 Å². The molecule has 20 heavy (non-hydrogen) atoms. The van der Waals surface area contributed by atoms with Crippen molar-refractivity contribution >= 4 is 5.78 Å². The van der Waals surface area contributed by atoms with Crippen LogP contribution in [0.15, 0.2) is 24.3 Å². The number of hydrogen-bond donors (Lipinski definition) is 0. The molecule has 0 aliphatic heterocycles. The first-order valence-corrected chi connectivity index (χ1v) is 5.47. The Morgan fingerprint density at radius 3 is 2.05 bits per heavy atom. The van der Waals surface area contributed by atoms with E-state index in [1.54, 1.807) is 0 Å². The molecule has 0 saturated carbocycles. The minimum Gasteiger partial charge on any atom is -0.288 e. The summed E-state index contributed by atoms with van der Waals surface area (Å²) in [5.41, 5.74) is -1.97. The fourth-order valence-corrected chi connectivity index (χ4v) is 1.70. The second-order valence-electron chi connectivity index (χ2n) is 4.11. The van der Waals surface area contributed by atoms with Gasteiger partial charge >= 0.3 is 0 Å². The van der Waals surface area contributed by atoms with Crippen LogP contribution in [0, 0.1) is 36.0 Å². The zero-order valence-corrected chi connectivity index (χ0v) is 10.1. The zero-order valence-electron chi connectivity index (χ0n) is 10.1. The highest BCUT2D eigenvalue weighted by molar-refractivity contribution is 6.09. The van der Waals surface area contributed by atoms with E-state index in [0.29, 0.717) is 12.1 Å². The van der Waals surface area contributed by atoms with E-state index < -0.39 is 46.0 Å². The Labute approximate surface area is 110 Å². The summed E-state index contributed by atoms with van der Waals surface area (Å²) < 4.78 is 66.6. The van der Waals surface area contributed by atoms with Crippen molar-refractivity contribution in [2.45, 2.75) is 6.92 Å². The minimum absolute atomic E-state index is 0.0299. The Hall–Kier alpha value is -2.24. The van der Waals surface area contributed by atoms with Crippen molar-refractivity contribution in [2.75, 3.05) is 0 Å². The summed E-state index contributed by atoms with van der Waals surface area (Å²) in [5.74, 6) is -8.91. The van der Waals surface area contributed by atoms with Crippen LogP contribution in [-0.4, -0.2) is 5.78 Å². The Bertz CT molecular complexity index is 709. The predicted molar refractivity (Wildman–Crippen MR) is 60.8 cm³/mol. The quantitative estimate of drug-likeness (QED) is 0.464. The lowest BCUT2D eigenvalue weighted by Crippen LogP contribution is -2.12. The van der Waals surface area contributed by atoms with Gasteiger partial charge in [-0.05, 0) is 30.7 Å². The molecule has 0 saturated heterocycles. The molecule has 0 spiro atoms. The summed E-state index contributed by atoms with van der Waals surface area (Å²) in [6.45, 7) is 1.28. The maximum absolute atomic E-state index is 13.8. The van der Waals surface area contributed by atoms with Crippen LogP contribution in [-0.2, 0) is 0 Å². The molecule has 0 aliphatic rings. The smallest absolute Gasteiger partial charge is 0.202 e. The van der Waals surface area contributed by atoms with Gasteiger partial charge in [-0.2, -0.15) is 0 Å². The monoisotopic (exact) mass is 286 g/mol. The first-order chi connectivity index (χ1) is 9.34. The van der Waals surface area contributed by atoms with Crippen LogP contribution in [0.4, 0.5) is 22.0 Å². The van der Waals surface area contributed by atoms with Crippen molar-refractivity contribution in [3.05, 3.63) is 70.0 Å². The van der Waals surface area contributed by atoms with Gasteiger partial charge in [-0.15, -0.1) is 0 Å². The molecule has 0 N–H and O–H groups in total. The third-order valence-corrected chi connectivity index (χ3v) is 2.79.